The number of piperidine rings is 1. The lowest BCUT2D eigenvalue weighted by atomic mass is 10.0. The van der Waals surface area contributed by atoms with Crippen LogP contribution >= 0.6 is 0 Å². The van der Waals surface area contributed by atoms with Crippen LogP contribution < -0.4 is 11.1 Å². The molecule has 0 saturated carbocycles. The predicted octanol–water partition coefficient (Wildman–Crippen LogP) is 0.684. The summed E-state index contributed by atoms with van der Waals surface area (Å²) in [5, 5.41) is 2.95. The molecule has 1 aromatic rings. The highest BCUT2D eigenvalue weighted by Crippen LogP contribution is 2.10. The molecule has 1 aliphatic heterocycles. The number of amides is 2. The van der Waals surface area contributed by atoms with E-state index in [4.69, 9.17) is 5.73 Å². The lowest BCUT2D eigenvalue weighted by Gasteiger charge is -2.30. The molecule has 1 fully saturated rings. The molecule has 5 heteroatoms. The Morgan fingerprint density at radius 1 is 1.43 bits per heavy atom. The Morgan fingerprint density at radius 2 is 2.14 bits per heavy atom. The highest BCUT2D eigenvalue weighted by Gasteiger charge is 2.25. The van der Waals surface area contributed by atoms with Crippen LogP contribution in [0.2, 0.25) is 0 Å². The zero-order valence-corrected chi connectivity index (χ0v) is 12.4. The third-order valence-corrected chi connectivity index (χ3v) is 3.90. The molecule has 2 amide bonds. The van der Waals surface area contributed by atoms with Gasteiger partial charge in [-0.3, -0.25) is 9.59 Å². The Kier molecular flexibility index (Phi) is 5.33. The van der Waals surface area contributed by atoms with Gasteiger partial charge in [-0.25, -0.2) is 0 Å². The molecule has 1 saturated heterocycles. The van der Waals surface area contributed by atoms with Crippen LogP contribution in [0, 0.1) is 0 Å². The number of benzene rings is 1. The highest BCUT2D eigenvalue weighted by molar-refractivity contribution is 5.82. The summed E-state index contributed by atoms with van der Waals surface area (Å²) in [7, 11) is 1.76. The number of rotatable bonds is 5. The maximum atomic E-state index is 12.1. The summed E-state index contributed by atoms with van der Waals surface area (Å²) < 4.78 is 0. The number of nitrogens with one attached hydrogen (secondary N) is 1. The third kappa shape index (κ3) is 4.56. The van der Waals surface area contributed by atoms with Crippen molar-refractivity contribution in [1.29, 1.82) is 0 Å². The summed E-state index contributed by atoms with van der Waals surface area (Å²) in [5.74, 6) is 0.00700. The molecule has 3 N–H and O–H groups in total. The number of carbonyl (C=O) groups excluding carboxylic acids is 2. The molecule has 2 rings (SSSR count). The van der Waals surface area contributed by atoms with Gasteiger partial charge < -0.3 is 16.0 Å². The van der Waals surface area contributed by atoms with E-state index in [0.717, 1.165) is 6.42 Å². The van der Waals surface area contributed by atoms with Gasteiger partial charge in [-0.1, -0.05) is 30.3 Å². The third-order valence-electron chi connectivity index (χ3n) is 3.90. The Balaban J connectivity index is 1.76. The van der Waals surface area contributed by atoms with Gasteiger partial charge in [0.1, 0.15) is 0 Å². The normalized spacial score (nSPS) is 20.2. The van der Waals surface area contributed by atoms with Gasteiger partial charge >= 0.3 is 0 Å². The molecular formula is C16H23N3O2. The van der Waals surface area contributed by atoms with Crippen LogP contribution in [-0.2, 0) is 16.0 Å². The Labute approximate surface area is 125 Å². The van der Waals surface area contributed by atoms with Gasteiger partial charge in [0.05, 0.1) is 6.04 Å². The molecule has 5 nitrogen and oxygen atoms in total. The minimum absolute atomic E-state index is 0.0166. The first-order chi connectivity index (χ1) is 10.1. The van der Waals surface area contributed by atoms with Crippen molar-refractivity contribution >= 4 is 11.8 Å². The van der Waals surface area contributed by atoms with E-state index in [1.165, 1.54) is 5.56 Å². The quantitative estimate of drug-likeness (QED) is 0.837. The number of carbonyl (C=O) groups is 2. The molecule has 0 spiro atoms. The zero-order chi connectivity index (χ0) is 15.2. The highest BCUT2D eigenvalue weighted by atomic mass is 16.2. The van der Waals surface area contributed by atoms with Crippen LogP contribution in [0.5, 0.6) is 0 Å². The van der Waals surface area contributed by atoms with Crippen LogP contribution in [0.1, 0.15) is 24.8 Å². The number of hydrogen-bond donors (Lipinski definition) is 2. The largest absolute Gasteiger partial charge is 0.350 e. The van der Waals surface area contributed by atoms with Gasteiger partial charge in [-0.2, -0.15) is 0 Å². The number of aryl methyl sites for hydroxylation is 1. The molecule has 1 aliphatic rings. The van der Waals surface area contributed by atoms with Crippen LogP contribution in [0.25, 0.3) is 0 Å². The first-order valence-corrected chi connectivity index (χ1v) is 7.40. The molecule has 0 aromatic heterocycles. The molecule has 1 heterocycles. The fourth-order valence-electron chi connectivity index (χ4n) is 2.54. The van der Waals surface area contributed by atoms with Crippen molar-refractivity contribution in [3.05, 3.63) is 35.9 Å². The van der Waals surface area contributed by atoms with Crippen LogP contribution in [-0.4, -0.2) is 42.4 Å². The predicted molar refractivity (Wildman–Crippen MR) is 81.5 cm³/mol. The van der Waals surface area contributed by atoms with Crippen LogP contribution in [0.3, 0.4) is 0 Å². The number of hydrogen-bond acceptors (Lipinski definition) is 3. The second-order valence-electron chi connectivity index (χ2n) is 5.65. The number of likely N-dealkylation sites (N-methyl/N-ethyl adjacent to an activating group) is 1. The summed E-state index contributed by atoms with van der Waals surface area (Å²) in [6.07, 6.45) is 2.59. The van der Waals surface area contributed by atoms with Crippen molar-refractivity contribution in [1.82, 2.24) is 10.2 Å². The van der Waals surface area contributed by atoms with E-state index in [1.807, 2.05) is 30.3 Å². The van der Waals surface area contributed by atoms with Crippen molar-refractivity contribution in [3.8, 4) is 0 Å². The van der Waals surface area contributed by atoms with E-state index in [9.17, 15) is 9.59 Å². The summed E-state index contributed by atoms with van der Waals surface area (Å²) in [4.78, 5) is 25.1. The molecule has 0 radical (unpaired) electrons. The van der Waals surface area contributed by atoms with Gasteiger partial charge in [0.25, 0.3) is 0 Å². The van der Waals surface area contributed by atoms with Crippen LogP contribution in [0.4, 0.5) is 0 Å². The van der Waals surface area contributed by atoms with Crippen molar-refractivity contribution in [3.63, 3.8) is 0 Å². The van der Waals surface area contributed by atoms with E-state index < -0.39 is 6.04 Å². The van der Waals surface area contributed by atoms with E-state index in [2.05, 4.69) is 5.32 Å². The zero-order valence-electron chi connectivity index (χ0n) is 12.4. The molecular weight excluding hydrogens is 266 g/mol. The summed E-state index contributed by atoms with van der Waals surface area (Å²) >= 11 is 0. The molecule has 21 heavy (non-hydrogen) atoms. The van der Waals surface area contributed by atoms with Crippen LogP contribution in [0.15, 0.2) is 30.3 Å². The van der Waals surface area contributed by atoms with Crippen molar-refractivity contribution in [2.24, 2.45) is 5.73 Å². The Bertz CT molecular complexity index is 490. The molecule has 1 aromatic carbocycles. The van der Waals surface area contributed by atoms with Gasteiger partial charge in [0.15, 0.2) is 0 Å². The first kappa shape index (κ1) is 15.5. The minimum atomic E-state index is -0.506. The Morgan fingerprint density at radius 3 is 2.81 bits per heavy atom. The number of nitrogens with zero attached hydrogens (tertiary/aromatic N) is 1. The van der Waals surface area contributed by atoms with Crippen molar-refractivity contribution < 1.29 is 9.59 Å². The maximum absolute atomic E-state index is 12.1. The van der Waals surface area contributed by atoms with E-state index >= 15 is 0 Å². The number of likely N-dealkylation sites (tertiary alicyclic amines) is 1. The molecule has 114 valence electrons. The van der Waals surface area contributed by atoms with Crippen molar-refractivity contribution in [2.45, 2.75) is 37.8 Å². The molecule has 0 bridgehead atoms. The summed E-state index contributed by atoms with van der Waals surface area (Å²) in [6.45, 7) is 0.565. The molecule has 0 aliphatic carbocycles. The topological polar surface area (TPSA) is 75.4 Å². The van der Waals surface area contributed by atoms with Gasteiger partial charge in [0.2, 0.25) is 11.8 Å². The average Bonchev–Trinajstić information content (AvgIpc) is 2.49. The smallest absolute Gasteiger partial charge is 0.237 e. The van der Waals surface area contributed by atoms with Crippen molar-refractivity contribution in [2.75, 3.05) is 13.6 Å². The average molecular weight is 289 g/mol. The standard InChI is InChI=1S/C16H23N3O2/c1-19-11-13(8-10-15(19)20)18-16(21)14(17)9-7-12-5-3-2-4-6-12/h2-6,13-14H,7-11,17H2,1H3,(H,18,21). The summed E-state index contributed by atoms with van der Waals surface area (Å²) in [5.41, 5.74) is 7.14. The monoisotopic (exact) mass is 289 g/mol. The minimum Gasteiger partial charge on any atom is -0.350 e. The van der Waals surface area contributed by atoms with E-state index in [-0.39, 0.29) is 17.9 Å². The maximum Gasteiger partial charge on any atom is 0.237 e. The SMILES string of the molecule is CN1CC(NC(=O)C(N)CCc2ccccc2)CCC1=O. The van der Waals surface area contributed by atoms with E-state index in [0.29, 0.717) is 25.8 Å². The second-order valence-corrected chi connectivity index (χ2v) is 5.65. The molecule has 2 unspecified atom stereocenters. The Hall–Kier alpha value is -1.88. The van der Waals surface area contributed by atoms with Gasteiger partial charge in [-0.05, 0) is 24.8 Å². The van der Waals surface area contributed by atoms with Gasteiger partial charge in [-0.15, -0.1) is 0 Å². The van der Waals surface area contributed by atoms with E-state index in [1.54, 1.807) is 11.9 Å². The lowest BCUT2D eigenvalue weighted by molar-refractivity contribution is -0.134. The molecule has 2 atom stereocenters. The first-order valence-electron chi connectivity index (χ1n) is 7.40. The second kappa shape index (κ2) is 7.22. The number of nitrogens with two attached hydrogens (primary N) is 1. The lowest BCUT2D eigenvalue weighted by Crippen LogP contribution is -2.52. The van der Waals surface area contributed by atoms with Gasteiger partial charge in [0, 0.05) is 26.1 Å². The fourth-order valence-corrected chi connectivity index (χ4v) is 2.54. The fraction of sp³-hybridized carbons (Fsp3) is 0.500. The summed E-state index contributed by atoms with van der Waals surface area (Å²) in [6, 6.07) is 9.51.